The normalized spacial score (nSPS) is 18.7. The van der Waals surface area contributed by atoms with Gasteiger partial charge in [0.05, 0.1) is 11.1 Å². The first-order valence-electron chi connectivity index (χ1n) is 15.3. The van der Waals surface area contributed by atoms with E-state index in [-0.39, 0.29) is 52.8 Å². The second-order valence-corrected chi connectivity index (χ2v) is 12.3. The number of rotatable bonds is 4. The molecule has 12 heteroatoms. The average molecular weight is 624 g/mol. The SMILES string of the molecule is CC(=O)N[C@@H]1CCN(C(=O)c2cn3c4c(c(N5CC[C@@H](NC(C)=O)C5)c(F)cc4c2=O)Oc2cc4c(cc2-3)oc2ccccc24)C1. The number of likely N-dealkylation sites (tertiary alicyclic amines) is 1. The zero-order valence-electron chi connectivity index (χ0n) is 25.2. The number of carbonyl (C=O) groups is 3. The third kappa shape index (κ3) is 4.38. The van der Waals surface area contributed by atoms with Gasteiger partial charge in [-0.1, -0.05) is 18.2 Å². The number of benzene rings is 3. The molecule has 0 spiro atoms. The van der Waals surface area contributed by atoms with Crippen LogP contribution < -0.4 is 25.7 Å². The molecule has 0 bridgehead atoms. The molecule has 46 heavy (non-hydrogen) atoms. The molecule has 234 valence electrons. The number of fused-ring (bicyclic) bond motifs is 5. The number of ether oxygens (including phenoxy) is 1. The molecule has 5 aromatic rings. The molecule has 0 unspecified atom stereocenters. The number of hydrogen-bond donors (Lipinski definition) is 2. The molecule has 2 aromatic heterocycles. The summed E-state index contributed by atoms with van der Waals surface area (Å²) >= 11 is 0. The Bertz CT molecular complexity index is 2210. The zero-order valence-corrected chi connectivity index (χ0v) is 25.2. The van der Waals surface area contributed by atoms with Crippen LogP contribution in [0.5, 0.6) is 11.5 Å². The number of carbonyl (C=O) groups excluding carboxylic acids is 3. The van der Waals surface area contributed by atoms with Gasteiger partial charge in [0.25, 0.3) is 5.91 Å². The van der Waals surface area contributed by atoms with Gasteiger partial charge < -0.3 is 34.2 Å². The van der Waals surface area contributed by atoms with Crippen molar-refractivity contribution in [1.29, 1.82) is 0 Å². The molecular weight excluding hydrogens is 593 g/mol. The highest BCUT2D eigenvalue weighted by Gasteiger charge is 2.35. The minimum absolute atomic E-state index is 0.00710. The average Bonchev–Trinajstić information content (AvgIpc) is 3.75. The Kier molecular flexibility index (Phi) is 6.31. The predicted molar refractivity (Wildman–Crippen MR) is 169 cm³/mol. The van der Waals surface area contributed by atoms with Gasteiger partial charge in [0, 0.05) is 75.1 Å². The molecule has 5 heterocycles. The van der Waals surface area contributed by atoms with Crippen LogP contribution in [-0.4, -0.2) is 65.5 Å². The standard InChI is InChI=1S/C34H30FN5O6/c1-17(41)36-19-7-9-38(14-19)31-25(35)11-23-30-33(31)46-29-12-22-21-5-3-4-6-27(21)45-28(22)13-26(29)40(30)16-24(32(23)43)34(44)39-10-8-20(15-39)37-18(2)42/h3-6,11-13,16,19-20H,7-10,14-15H2,1-2H3,(H,36,41)(H,37,42)/t19-,20-/m1/s1. The van der Waals surface area contributed by atoms with Crippen LogP contribution in [-0.2, 0) is 9.59 Å². The number of para-hydroxylation sites is 1. The van der Waals surface area contributed by atoms with E-state index in [0.717, 1.165) is 10.8 Å². The van der Waals surface area contributed by atoms with Gasteiger partial charge in [-0.25, -0.2) is 4.39 Å². The first-order valence-corrected chi connectivity index (χ1v) is 15.3. The minimum Gasteiger partial charge on any atom is -0.456 e. The van der Waals surface area contributed by atoms with Crippen LogP contribution in [0.4, 0.5) is 10.1 Å². The summed E-state index contributed by atoms with van der Waals surface area (Å²) in [5.74, 6) is -0.939. The number of pyridine rings is 1. The number of halogens is 1. The number of aromatic nitrogens is 1. The van der Waals surface area contributed by atoms with Crippen molar-refractivity contribution < 1.29 is 27.9 Å². The van der Waals surface area contributed by atoms with Gasteiger partial charge in [0.1, 0.15) is 27.9 Å². The minimum atomic E-state index is -0.663. The highest BCUT2D eigenvalue weighted by atomic mass is 19.1. The van der Waals surface area contributed by atoms with Crippen molar-refractivity contribution in [3.8, 4) is 17.2 Å². The number of hydrogen-bond acceptors (Lipinski definition) is 7. The summed E-state index contributed by atoms with van der Waals surface area (Å²) in [6.07, 6.45) is 2.68. The Morgan fingerprint density at radius 3 is 2.41 bits per heavy atom. The lowest BCUT2D eigenvalue weighted by atomic mass is 10.0. The molecule has 2 fully saturated rings. The summed E-state index contributed by atoms with van der Waals surface area (Å²) in [6.45, 7) is 4.33. The van der Waals surface area contributed by atoms with Gasteiger partial charge >= 0.3 is 0 Å². The van der Waals surface area contributed by atoms with Gasteiger partial charge in [0.15, 0.2) is 17.3 Å². The van der Waals surface area contributed by atoms with E-state index in [1.165, 1.54) is 31.0 Å². The largest absolute Gasteiger partial charge is 0.456 e. The first kappa shape index (κ1) is 28.1. The van der Waals surface area contributed by atoms with E-state index in [2.05, 4.69) is 10.6 Å². The highest BCUT2D eigenvalue weighted by molar-refractivity contribution is 6.07. The molecule has 2 N–H and O–H groups in total. The van der Waals surface area contributed by atoms with Crippen LogP contribution in [0.25, 0.3) is 38.5 Å². The summed E-state index contributed by atoms with van der Waals surface area (Å²) in [5.41, 5.74) is 1.61. The second-order valence-electron chi connectivity index (χ2n) is 12.3. The van der Waals surface area contributed by atoms with E-state index in [1.54, 1.807) is 10.6 Å². The Hall–Kier alpha value is -5.39. The van der Waals surface area contributed by atoms with Crippen molar-refractivity contribution in [2.45, 2.75) is 38.8 Å². The molecule has 11 nitrogen and oxygen atoms in total. The van der Waals surface area contributed by atoms with Crippen molar-refractivity contribution in [1.82, 2.24) is 20.1 Å². The zero-order chi connectivity index (χ0) is 31.9. The van der Waals surface area contributed by atoms with Gasteiger partial charge in [0.2, 0.25) is 17.2 Å². The van der Waals surface area contributed by atoms with Crippen molar-refractivity contribution in [3.63, 3.8) is 0 Å². The number of nitrogens with one attached hydrogen (secondary N) is 2. The molecule has 2 atom stereocenters. The Morgan fingerprint density at radius 1 is 0.891 bits per heavy atom. The molecule has 3 aromatic carbocycles. The van der Waals surface area contributed by atoms with Crippen LogP contribution >= 0.6 is 0 Å². The highest BCUT2D eigenvalue weighted by Crippen LogP contribution is 2.49. The van der Waals surface area contributed by atoms with E-state index < -0.39 is 17.2 Å². The predicted octanol–water partition coefficient (Wildman–Crippen LogP) is 4.20. The summed E-state index contributed by atoms with van der Waals surface area (Å²) < 4.78 is 30.6. The van der Waals surface area contributed by atoms with E-state index in [4.69, 9.17) is 9.15 Å². The Balaban J connectivity index is 1.32. The lowest BCUT2D eigenvalue weighted by Crippen LogP contribution is -2.38. The molecule has 3 aliphatic rings. The number of furan rings is 1. The lowest BCUT2D eigenvalue weighted by Gasteiger charge is -2.29. The van der Waals surface area contributed by atoms with Crippen LogP contribution in [0, 0.1) is 5.82 Å². The summed E-state index contributed by atoms with van der Waals surface area (Å²) in [4.78, 5) is 54.6. The van der Waals surface area contributed by atoms with Crippen molar-refractivity contribution in [2.24, 2.45) is 0 Å². The van der Waals surface area contributed by atoms with Crippen molar-refractivity contribution >= 4 is 56.3 Å². The van der Waals surface area contributed by atoms with E-state index in [0.29, 0.717) is 60.6 Å². The lowest BCUT2D eigenvalue weighted by molar-refractivity contribution is -0.120. The second kappa shape index (κ2) is 10.3. The first-order chi connectivity index (χ1) is 22.2. The fraction of sp³-hybridized carbons (Fsp3) is 0.294. The monoisotopic (exact) mass is 623 g/mol. The number of nitrogens with zero attached hydrogens (tertiary/aromatic N) is 3. The van der Waals surface area contributed by atoms with Gasteiger partial charge in [-0.3, -0.25) is 19.2 Å². The molecule has 0 saturated carbocycles. The number of anilines is 1. The maximum Gasteiger partial charge on any atom is 0.259 e. The van der Waals surface area contributed by atoms with Gasteiger partial charge in [-0.05, 0) is 31.0 Å². The summed E-state index contributed by atoms with van der Waals surface area (Å²) in [7, 11) is 0. The van der Waals surface area contributed by atoms with Crippen LogP contribution in [0.1, 0.15) is 37.0 Å². The van der Waals surface area contributed by atoms with E-state index in [1.807, 2.05) is 35.2 Å². The topological polar surface area (TPSA) is 126 Å². The molecule has 0 aliphatic carbocycles. The number of amides is 3. The van der Waals surface area contributed by atoms with Crippen LogP contribution in [0.15, 0.2) is 57.9 Å². The molecule has 8 rings (SSSR count). The van der Waals surface area contributed by atoms with Gasteiger partial charge in [-0.2, -0.15) is 0 Å². The fourth-order valence-corrected chi connectivity index (χ4v) is 7.16. The fourth-order valence-electron chi connectivity index (χ4n) is 7.16. The van der Waals surface area contributed by atoms with Crippen molar-refractivity contribution in [3.05, 3.63) is 70.3 Å². The summed E-state index contributed by atoms with van der Waals surface area (Å²) in [6, 6.07) is 12.0. The smallest absolute Gasteiger partial charge is 0.259 e. The molecular formula is C34H30FN5O6. The third-order valence-electron chi connectivity index (χ3n) is 9.13. The summed E-state index contributed by atoms with van der Waals surface area (Å²) in [5, 5.41) is 7.44. The van der Waals surface area contributed by atoms with Crippen LogP contribution in [0.3, 0.4) is 0 Å². The third-order valence-corrected chi connectivity index (χ3v) is 9.13. The van der Waals surface area contributed by atoms with E-state index in [9.17, 15) is 19.2 Å². The molecule has 2 saturated heterocycles. The van der Waals surface area contributed by atoms with Gasteiger partial charge in [-0.15, -0.1) is 0 Å². The maximum absolute atomic E-state index is 16.2. The molecule has 3 amide bonds. The van der Waals surface area contributed by atoms with E-state index >= 15 is 4.39 Å². The molecule has 0 radical (unpaired) electrons. The quantitative estimate of drug-likeness (QED) is 0.302. The Labute approximate surface area is 261 Å². The Morgan fingerprint density at radius 2 is 1.63 bits per heavy atom. The van der Waals surface area contributed by atoms with Crippen LogP contribution in [0.2, 0.25) is 0 Å². The van der Waals surface area contributed by atoms with Crippen molar-refractivity contribution in [2.75, 3.05) is 31.1 Å². The maximum atomic E-state index is 16.2. The molecule has 3 aliphatic heterocycles.